The molecule has 190 valence electrons. The summed E-state index contributed by atoms with van der Waals surface area (Å²) in [6.45, 7) is 5.98. The zero-order chi connectivity index (χ0) is 25.1. The van der Waals surface area contributed by atoms with Crippen LogP contribution in [-0.2, 0) is 4.74 Å². The number of carbonyl (C=O) groups is 1. The van der Waals surface area contributed by atoms with E-state index in [-0.39, 0.29) is 17.8 Å². The molecule has 3 aromatic rings. The molecule has 2 fully saturated rings. The molecule has 0 bridgehead atoms. The number of piperidine rings is 1. The molecule has 2 aliphatic heterocycles. The van der Waals surface area contributed by atoms with E-state index in [0.29, 0.717) is 51.4 Å². The summed E-state index contributed by atoms with van der Waals surface area (Å²) < 4.78 is 36.3. The molecule has 2 aliphatic rings. The topological polar surface area (TPSA) is 50.6 Å². The summed E-state index contributed by atoms with van der Waals surface area (Å²) in [4.78, 5) is 21.6. The predicted molar refractivity (Wildman–Crippen MR) is 134 cm³/mol. The van der Waals surface area contributed by atoms with E-state index >= 15 is 4.39 Å². The minimum atomic E-state index is -1.28. The van der Waals surface area contributed by atoms with E-state index in [1.165, 1.54) is 12.1 Å². The Balaban J connectivity index is 1.30. The first-order valence-electron chi connectivity index (χ1n) is 12.6. The highest BCUT2D eigenvalue weighted by Gasteiger charge is 2.38. The molecule has 0 N–H and O–H groups in total. The number of ether oxygens (including phenoxy) is 1. The number of halogens is 2. The highest BCUT2D eigenvalue weighted by molar-refractivity contribution is 5.92. The summed E-state index contributed by atoms with van der Waals surface area (Å²) in [7, 11) is 0. The number of hydrogen-bond donors (Lipinski definition) is 0. The molecule has 36 heavy (non-hydrogen) atoms. The lowest BCUT2D eigenvalue weighted by Gasteiger charge is -2.40. The van der Waals surface area contributed by atoms with E-state index in [0.717, 1.165) is 29.8 Å². The van der Waals surface area contributed by atoms with Crippen LogP contribution in [0.25, 0.3) is 11.1 Å². The molecule has 1 aromatic heterocycles. The second-order valence-electron chi connectivity index (χ2n) is 9.79. The second kappa shape index (κ2) is 10.5. The predicted octanol–water partition coefficient (Wildman–Crippen LogP) is 4.58. The van der Waals surface area contributed by atoms with Gasteiger partial charge in [-0.1, -0.05) is 36.4 Å². The van der Waals surface area contributed by atoms with Crippen molar-refractivity contribution in [3.63, 3.8) is 0 Å². The number of benzene rings is 2. The van der Waals surface area contributed by atoms with Gasteiger partial charge in [0.15, 0.2) is 0 Å². The van der Waals surface area contributed by atoms with Gasteiger partial charge in [-0.2, -0.15) is 0 Å². The minimum Gasteiger partial charge on any atom is -0.379 e. The maximum absolute atomic E-state index is 15.5. The summed E-state index contributed by atoms with van der Waals surface area (Å²) in [5.74, 6) is -0.414. The standard InChI is InChI=1S/C28H32F2N4O2/c1-21(24-4-2-3-5-25(24)22-6-8-23(29)9-7-22)34-20-31-18-26(34)27(35)33-12-10-28(30,11-13-33)19-32-14-16-36-17-15-32/h2-9,18,20-21H,10-17,19H2,1H3/t21-/m0/s1. The van der Waals surface area contributed by atoms with Crippen LogP contribution in [0.3, 0.4) is 0 Å². The molecule has 2 saturated heterocycles. The Kier molecular flexibility index (Phi) is 7.16. The molecule has 0 aliphatic carbocycles. The number of likely N-dealkylation sites (tertiary alicyclic amines) is 1. The number of carbonyl (C=O) groups excluding carboxylic acids is 1. The molecule has 3 heterocycles. The highest BCUT2D eigenvalue weighted by atomic mass is 19.1. The van der Waals surface area contributed by atoms with Gasteiger partial charge in [-0.25, -0.2) is 13.8 Å². The summed E-state index contributed by atoms with van der Waals surface area (Å²) in [5.41, 5.74) is 2.08. The van der Waals surface area contributed by atoms with Gasteiger partial charge >= 0.3 is 0 Å². The Labute approximate surface area is 210 Å². The molecule has 8 heteroatoms. The fraction of sp³-hybridized carbons (Fsp3) is 0.429. The van der Waals surface area contributed by atoms with Crippen molar-refractivity contribution < 1.29 is 18.3 Å². The van der Waals surface area contributed by atoms with Crippen molar-refractivity contribution in [3.8, 4) is 11.1 Å². The lowest BCUT2D eigenvalue weighted by molar-refractivity contribution is -0.0151. The minimum absolute atomic E-state index is 0.132. The third-order valence-corrected chi connectivity index (χ3v) is 7.43. The molecule has 1 amide bonds. The average molecular weight is 495 g/mol. The largest absolute Gasteiger partial charge is 0.379 e. The SMILES string of the molecule is C[C@@H](c1ccccc1-c1ccc(F)cc1)n1cncc1C(=O)N1CCC(F)(CN2CCOCC2)CC1. The molecule has 5 rings (SSSR count). The van der Waals surface area contributed by atoms with E-state index in [2.05, 4.69) is 9.88 Å². The van der Waals surface area contributed by atoms with E-state index in [1.54, 1.807) is 29.6 Å². The van der Waals surface area contributed by atoms with Gasteiger partial charge < -0.3 is 14.2 Å². The highest BCUT2D eigenvalue weighted by Crippen LogP contribution is 2.32. The van der Waals surface area contributed by atoms with E-state index in [9.17, 15) is 9.18 Å². The number of imidazole rings is 1. The first kappa shape index (κ1) is 24.6. The number of alkyl halides is 1. The first-order valence-corrected chi connectivity index (χ1v) is 12.6. The zero-order valence-corrected chi connectivity index (χ0v) is 20.6. The summed E-state index contributed by atoms with van der Waals surface area (Å²) >= 11 is 0. The molecule has 2 aromatic carbocycles. The number of morpholine rings is 1. The maximum Gasteiger partial charge on any atom is 0.272 e. The smallest absolute Gasteiger partial charge is 0.272 e. The van der Waals surface area contributed by atoms with Crippen LogP contribution in [0.2, 0.25) is 0 Å². The molecule has 0 unspecified atom stereocenters. The van der Waals surface area contributed by atoms with Gasteiger partial charge in [-0.05, 0) is 35.7 Å². The molecule has 6 nitrogen and oxygen atoms in total. The Morgan fingerprint density at radius 1 is 1.06 bits per heavy atom. The number of amides is 1. The van der Waals surface area contributed by atoms with Crippen LogP contribution >= 0.6 is 0 Å². The van der Waals surface area contributed by atoms with Crippen molar-refractivity contribution >= 4 is 5.91 Å². The second-order valence-corrected chi connectivity index (χ2v) is 9.79. The number of nitrogens with zero attached hydrogens (tertiary/aromatic N) is 4. The van der Waals surface area contributed by atoms with Gasteiger partial charge in [0.05, 0.1) is 31.8 Å². The molecule has 1 atom stereocenters. The van der Waals surface area contributed by atoms with Gasteiger partial charge in [0, 0.05) is 45.6 Å². The van der Waals surface area contributed by atoms with Gasteiger partial charge in [0.2, 0.25) is 0 Å². The maximum atomic E-state index is 15.5. The Hall–Kier alpha value is -3.10. The molecule has 0 radical (unpaired) electrons. The average Bonchev–Trinajstić information content (AvgIpc) is 3.39. The Bertz CT molecular complexity index is 1180. The van der Waals surface area contributed by atoms with Crippen LogP contribution in [0, 0.1) is 5.82 Å². The van der Waals surface area contributed by atoms with E-state index < -0.39 is 5.67 Å². The van der Waals surface area contributed by atoms with E-state index in [1.807, 2.05) is 35.8 Å². The van der Waals surface area contributed by atoms with E-state index in [4.69, 9.17) is 4.74 Å². The lowest BCUT2D eigenvalue weighted by Crippen LogP contribution is -2.51. The van der Waals surface area contributed by atoms with Crippen LogP contribution < -0.4 is 0 Å². The zero-order valence-electron chi connectivity index (χ0n) is 20.6. The summed E-state index contributed by atoms with van der Waals surface area (Å²) in [6.07, 6.45) is 3.91. The van der Waals surface area contributed by atoms with Gasteiger partial charge in [0.1, 0.15) is 17.2 Å². The molecule has 0 spiro atoms. The fourth-order valence-corrected chi connectivity index (χ4v) is 5.27. The van der Waals surface area contributed by atoms with Crippen LogP contribution in [0.5, 0.6) is 0 Å². The quantitative estimate of drug-likeness (QED) is 0.504. The van der Waals surface area contributed by atoms with Crippen molar-refractivity contribution in [2.24, 2.45) is 0 Å². The number of hydrogen-bond acceptors (Lipinski definition) is 4. The lowest BCUT2D eigenvalue weighted by atomic mass is 9.92. The Morgan fingerprint density at radius 3 is 2.47 bits per heavy atom. The van der Waals surface area contributed by atoms with Crippen molar-refractivity contribution in [1.29, 1.82) is 0 Å². The molecular weight excluding hydrogens is 462 g/mol. The molecule has 0 saturated carbocycles. The van der Waals surface area contributed by atoms with Crippen LogP contribution in [0.15, 0.2) is 61.1 Å². The fourth-order valence-electron chi connectivity index (χ4n) is 5.27. The molecular formula is C28H32F2N4O2. The first-order chi connectivity index (χ1) is 17.4. The van der Waals surface area contributed by atoms with Gasteiger partial charge in [-0.15, -0.1) is 0 Å². The summed E-state index contributed by atoms with van der Waals surface area (Å²) in [6, 6.07) is 14.1. The van der Waals surface area contributed by atoms with Crippen LogP contribution in [0.4, 0.5) is 8.78 Å². The van der Waals surface area contributed by atoms with Crippen molar-refractivity contribution in [1.82, 2.24) is 19.4 Å². The van der Waals surface area contributed by atoms with Crippen molar-refractivity contribution in [2.45, 2.75) is 31.5 Å². The van der Waals surface area contributed by atoms with Crippen molar-refractivity contribution in [2.75, 3.05) is 45.9 Å². The van der Waals surface area contributed by atoms with Gasteiger partial charge in [-0.3, -0.25) is 9.69 Å². The van der Waals surface area contributed by atoms with Crippen molar-refractivity contribution in [3.05, 3.63) is 78.1 Å². The Morgan fingerprint density at radius 2 is 1.75 bits per heavy atom. The number of aromatic nitrogens is 2. The summed E-state index contributed by atoms with van der Waals surface area (Å²) in [5, 5.41) is 0. The van der Waals surface area contributed by atoms with Crippen LogP contribution in [-0.4, -0.2) is 76.9 Å². The monoisotopic (exact) mass is 494 g/mol. The third-order valence-electron chi connectivity index (χ3n) is 7.43. The normalized spacial score (nSPS) is 19.2. The third kappa shape index (κ3) is 5.20. The van der Waals surface area contributed by atoms with Gasteiger partial charge in [0.25, 0.3) is 5.91 Å². The number of rotatable bonds is 6. The van der Waals surface area contributed by atoms with Crippen LogP contribution in [0.1, 0.15) is 41.9 Å².